The largest absolute Gasteiger partial charge is 0.246 e. The Morgan fingerprint density at radius 1 is 1.58 bits per heavy atom. The molecule has 0 unspecified atom stereocenters. The summed E-state index contributed by atoms with van der Waals surface area (Å²) in [5.74, 6) is 5.33. The lowest BCUT2D eigenvalue weighted by Gasteiger charge is -1.90. The van der Waals surface area contributed by atoms with E-state index in [4.69, 9.17) is 16.9 Å². The summed E-state index contributed by atoms with van der Waals surface area (Å²) in [5, 5.41) is 8.72. The van der Waals surface area contributed by atoms with Crippen molar-refractivity contribution in [1.82, 2.24) is 4.98 Å². The van der Waals surface area contributed by atoms with Crippen LogP contribution in [0.2, 0.25) is 5.02 Å². The number of rotatable bonds is 0. The average molecular weight is 177 g/mol. The first kappa shape index (κ1) is 8.59. The van der Waals surface area contributed by atoms with E-state index >= 15 is 0 Å². The summed E-state index contributed by atoms with van der Waals surface area (Å²) in [6, 6.07) is 5.36. The topological polar surface area (TPSA) is 36.7 Å². The summed E-state index contributed by atoms with van der Waals surface area (Å²) in [6.45, 7) is 0. The molecule has 0 aliphatic rings. The van der Waals surface area contributed by atoms with Gasteiger partial charge in [0, 0.05) is 6.20 Å². The maximum Gasteiger partial charge on any atom is 0.131 e. The van der Waals surface area contributed by atoms with Crippen LogP contribution in [0.15, 0.2) is 18.3 Å². The number of hydrogen-bond acceptors (Lipinski definition) is 2. The van der Waals surface area contributed by atoms with Gasteiger partial charge in [-0.05, 0) is 18.1 Å². The van der Waals surface area contributed by atoms with Crippen molar-refractivity contribution in [3.8, 4) is 17.9 Å². The Morgan fingerprint density at radius 2 is 2.42 bits per heavy atom. The molecule has 0 N–H and O–H groups in total. The Balaban J connectivity index is 2.86. The van der Waals surface area contributed by atoms with Crippen LogP contribution in [0.3, 0.4) is 0 Å². The van der Waals surface area contributed by atoms with Gasteiger partial charge in [0.15, 0.2) is 0 Å². The van der Waals surface area contributed by atoms with E-state index in [2.05, 4.69) is 16.8 Å². The van der Waals surface area contributed by atoms with Gasteiger partial charge in [0.05, 0.1) is 17.5 Å². The summed E-state index contributed by atoms with van der Waals surface area (Å²) >= 11 is 5.76. The van der Waals surface area contributed by atoms with Gasteiger partial charge in [-0.25, -0.2) is 4.98 Å². The van der Waals surface area contributed by atoms with Gasteiger partial charge in [0.2, 0.25) is 0 Å². The van der Waals surface area contributed by atoms with Gasteiger partial charge >= 0.3 is 0 Å². The van der Waals surface area contributed by atoms with Gasteiger partial charge in [-0.1, -0.05) is 17.5 Å². The summed E-state index contributed by atoms with van der Waals surface area (Å²) < 4.78 is 0. The molecule has 0 spiro atoms. The standard InChI is InChI=1S/C9H5ClN2/c10-8-4-3-7-12-9(8)5-1-2-6-11/h3-4,7H,2H2. The summed E-state index contributed by atoms with van der Waals surface area (Å²) in [5.41, 5.74) is 0.523. The van der Waals surface area contributed by atoms with Crippen molar-refractivity contribution in [2.75, 3.05) is 0 Å². The molecule has 0 aromatic carbocycles. The molecule has 58 valence electrons. The van der Waals surface area contributed by atoms with Crippen LogP contribution in [-0.2, 0) is 0 Å². The van der Waals surface area contributed by atoms with Gasteiger partial charge in [0.1, 0.15) is 5.69 Å². The molecular formula is C9H5ClN2. The average Bonchev–Trinajstić information content (AvgIpc) is 2.09. The summed E-state index contributed by atoms with van der Waals surface area (Å²) in [4.78, 5) is 3.94. The number of nitriles is 1. The van der Waals surface area contributed by atoms with E-state index in [1.807, 2.05) is 6.07 Å². The molecule has 0 bridgehead atoms. The van der Waals surface area contributed by atoms with Crippen LogP contribution >= 0.6 is 11.6 Å². The van der Waals surface area contributed by atoms with Crippen LogP contribution in [0.25, 0.3) is 0 Å². The molecule has 0 fully saturated rings. The molecule has 0 aliphatic heterocycles. The second-order valence-electron chi connectivity index (χ2n) is 1.97. The SMILES string of the molecule is N#CCC#Cc1ncccc1Cl. The fraction of sp³-hybridized carbons (Fsp3) is 0.111. The molecule has 1 rings (SSSR count). The van der Waals surface area contributed by atoms with Gasteiger partial charge in [-0.3, -0.25) is 0 Å². The van der Waals surface area contributed by atoms with Gasteiger partial charge in [-0.15, -0.1) is 0 Å². The first-order valence-electron chi connectivity index (χ1n) is 3.31. The molecular weight excluding hydrogens is 172 g/mol. The van der Waals surface area contributed by atoms with Gasteiger partial charge < -0.3 is 0 Å². The zero-order valence-corrected chi connectivity index (χ0v) is 6.97. The van der Waals surface area contributed by atoms with Crippen molar-refractivity contribution < 1.29 is 0 Å². The highest BCUT2D eigenvalue weighted by atomic mass is 35.5. The maximum absolute atomic E-state index is 8.21. The Hall–Kier alpha value is -1.51. The molecule has 0 saturated heterocycles. The molecule has 0 amide bonds. The Kier molecular flexibility index (Phi) is 3.14. The monoisotopic (exact) mass is 176 g/mol. The molecule has 0 radical (unpaired) electrons. The third-order valence-electron chi connectivity index (χ3n) is 1.13. The molecule has 1 aromatic rings. The molecule has 0 saturated carbocycles. The van der Waals surface area contributed by atoms with Crippen molar-refractivity contribution in [2.24, 2.45) is 0 Å². The molecule has 3 heteroatoms. The van der Waals surface area contributed by atoms with E-state index in [1.165, 1.54) is 0 Å². The fourth-order valence-corrected chi connectivity index (χ4v) is 0.814. The van der Waals surface area contributed by atoms with E-state index in [0.29, 0.717) is 10.7 Å². The van der Waals surface area contributed by atoms with Crippen molar-refractivity contribution in [3.63, 3.8) is 0 Å². The Labute approximate surface area is 75.8 Å². The van der Waals surface area contributed by atoms with Crippen LogP contribution in [-0.4, -0.2) is 4.98 Å². The van der Waals surface area contributed by atoms with E-state index in [-0.39, 0.29) is 6.42 Å². The van der Waals surface area contributed by atoms with E-state index < -0.39 is 0 Å². The molecule has 1 heterocycles. The smallest absolute Gasteiger partial charge is 0.131 e. The normalized spacial score (nSPS) is 8.00. The third kappa shape index (κ3) is 2.27. The van der Waals surface area contributed by atoms with Crippen LogP contribution in [0.4, 0.5) is 0 Å². The first-order chi connectivity index (χ1) is 5.84. The number of aromatic nitrogens is 1. The van der Waals surface area contributed by atoms with Gasteiger partial charge in [0.25, 0.3) is 0 Å². The zero-order chi connectivity index (χ0) is 8.81. The van der Waals surface area contributed by atoms with Crippen LogP contribution < -0.4 is 0 Å². The quantitative estimate of drug-likeness (QED) is 0.567. The Morgan fingerprint density at radius 3 is 3.08 bits per heavy atom. The predicted molar refractivity (Wildman–Crippen MR) is 46.4 cm³/mol. The Bertz CT molecular complexity index is 368. The highest BCUT2D eigenvalue weighted by Crippen LogP contribution is 2.09. The minimum atomic E-state index is 0.201. The lowest BCUT2D eigenvalue weighted by Crippen LogP contribution is -1.81. The van der Waals surface area contributed by atoms with Gasteiger partial charge in [-0.2, -0.15) is 5.26 Å². The summed E-state index contributed by atoms with van der Waals surface area (Å²) in [6.07, 6.45) is 1.81. The van der Waals surface area contributed by atoms with E-state index in [0.717, 1.165) is 0 Å². The second-order valence-corrected chi connectivity index (χ2v) is 2.38. The highest BCUT2D eigenvalue weighted by Gasteiger charge is 1.93. The van der Waals surface area contributed by atoms with Crippen LogP contribution in [0.5, 0.6) is 0 Å². The first-order valence-corrected chi connectivity index (χ1v) is 3.68. The van der Waals surface area contributed by atoms with Crippen molar-refractivity contribution in [3.05, 3.63) is 29.0 Å². The van der Waals surface area contributed by atoms with Crippen LogP contribution in [0, 0.1) is 23.2 Å². The van der Waals surface area contributed by atoms with Crippen molar-refractivity contribution >= 4 is 11.6 Å². The highest BCUT2D eigenvalue weighted by molar-refractivity contribution is 6.31. The predicted octanol–water partition coefficient (Wildman–Crippen LogP) is 2.00. The molecule has 12 heavy (non-hydrogen) atoms. The minimum absolute atomic E-state index is 0.201. The molecule has 1 aromatic heterocycles. The number of halogens is 1. The molecule has 0 atom stereocenters. The lowest BCUT2D eigenvalue weighted by atomic mass is 10.3. The second kappa shape index (κ2) is 4.38. The van der Waals surface area contributed by atoms with Crippen molar-refractivity contribution in [2.45, 2.75) is 6.42 Å². The lowest BCUT2D eigenvalue weighted by molar-refractivity contribution is 1.28. The number of pyridine rings is 1. The fourth-order valence-electron chi connectivity index (χ4n) is 0.645. The zero-order valence-electron chi connectivity index (χ0n) is 6.21. The van der Waals surface area contributed by atoms with Crippen molar-refractivity contribution in [1.29, 1.82) is 5.26 Å². The molecule has 2 nitrogen and oxygen atoms in total. The molecule has 0 aliphatic carbocycles. The number of hydrogen-bond donors (Lipinski definition) is 0. The third-order valence-corrected chi connectivity index (χ3v) is 1.44. The van der Waals surface area contributed by atoms with Crippen LogP contribution in [0.1, 0.15) is 12.1 Å². The maximum atomic E-state index is 8.21. The van der Waals surface area contributed by atoms with E-state index in [1.54, 1.807) is 18.3 Å². The van der Waals surface area contributed by atoms with E-state index in [9.17, 15) is 0 Å². The number of nitrogens with zero attached hydrogens (tertiary/aromatic N) is 2. The minimum Gasteiger partial charge on any atom is -0.246 e. The summed E-state index contributed by atoms with van der Waals surface area (Å²) in [7, 11) is 0.